The third kappa shape index (κ3) is 6.12. The van der Waals surface area contributed by atoms with E-state index in [1.165, 1.54) is 44.6 Å². The highest BCUT2D eigenvalue weighted by molar-refractivity contribution is 7.98. The third-order valence-corrected chi connectivity index (χ3v) is 3.75. The predicted molar refractivity (Wildman–Crippen MR) is 73.0 cm³/mol. The van der Waals surface area contributed by atoms with Gasteiger partial charge in [0.25, 0.3) is 0 Å². The van der Waals surface area contributed by atoms with Crippen molar-refractivity contribution in [2.24, 2.45) is 5.92 Å². The van der Waals surface area contributed by atoms with Gasteiger partial charge in [0, 0.05) is 25.6 Å². The molecular formula is C13H27NOS. The van der Waals surface area contributed by atoms with E-state index in [9.17, 15) is 0 Å². The van der Waals surface area contributed by atoms with Gasteiger partial charge < -0.3 is 4.74 Å². The van der Waals surface area contributed by atoms with Crippen LogP contribution in [0.4, 0.5) is 0 Å². The Morgan fingerprint density at radius 1 is 1.31 bits per heavy atom. The average Bonchev–Trinajstić information content (AvgIpc) is 2.27. The standard InChI is InChI=1S/C13H27NOS/c1-12(2)5-4-10-15-13-6-8-14(9-7-13)11-16-3/h12-13H,4-11H2,1-3H3. The molecule has 0 bridgehead atoms. The molecule has 0 aliphatic carbocycles. The smallest absolute Gasteiger partial charge is 0.0599 e. The molecule has 0 N–H and O–H groups in total. The molecule has 1 aliphatic heterocycles. The van der Waals surface area contributed by atoms with Crippen LogP contribution in [0.3, 0.4) is 0 Å². The lowest BCUT2D eigenvalue weighted by Crippen LogP contribution is -2.36. The van der Waals surface area contributed by atoms with E-state index in [0.29, 0.717) is 6.10 Å². The van der Waals surface area contributed by atoms with Crippen LogP contribution in [0.1, 0.15) is 39.5 Å². The van der Waals surface area contributed by atoms with Gasteiger partial charge in [0.05, 0.1) is 6.10 Å². The predicted octanol–water partition coefficient (Wildman–Crippen LogP) is 3.22. The molecule has 1 aliphatic rings. The van der Waals surface area contributed by atoms with Gasteiger partial charge in [0.15, 0.2) is 0 Å². The number of nitrogens with zero attached hydrogens (tertiary/aromatic N) is 1. The highest BCUT2D eigenvalue weighted by Gasteiger charge is 2.18. The first-order valence-corrected chi connectivity index (χ1v) is 7.94. The summed E-state index contributed by atoms with van der Waals surface area (Å²) in [7, 11) is 0. The fourth-order valence-electron chi connectivity index (χ4n) is 2.13. The van der Waals surface area contributed by atoms with E-state index < -0.39 is 0 Å². The van der Waals surface area contributed by atoms with E-state index in [-0.39, 0.29) is 0 Å². The Kier molecular flexibility index (Phi) is 7.50. The number of rotatable bonds is 7. The molecule has 3 heteroatoms. The Morgan fingerprint density at radius 3 is 2.56 bits per heavy atom. The lowest BCUT2D eigenvalue weighted by atomic mass is 10.1. The molecule has 0 atom stereocenters. The maximum absolute atomic E-state index is 5.93. The van der Waals surface area contributed by atoms with Gasteiger partial charge in [-0.1, -0.05) is 13.8 Å². The van der Waals surface area contributed by atoms with E-state index >= 15 is 0 Å². The van der Waals surface area contributed by atoms with Crippen molar-refractivity contribution in [3.05, 3.63) is 0 Å². The molecule has 96 valence electrons. The minimum atomic E-state index is 0.533. The summed E-state index contributed by atoms with van der Waals surface area (Å²) in [6, 6.07) is 0. The lowest BCUT2D eigenvalue weighted by molar-refractivity contribution is 0.00889. The van der Waals surface area contributed by atoms with Crippen LogP contribution in [-0.2, 0) is 4.74 Å². The summed E-state index contributed by atoms with van der Waals surface area (Å²) < 4.78 is 5.93. The molecule has 1 saturated heterocycles. The van der Waals surface area contributed by atoms with Crippen LogP contribution in [0.15, 0.2) is 0 Å². The van der Waals surface area contributed by atoms with Gasteiger partial charge in [-0.05, 0) is 37.9 Å². The highest BCUT2D eigenvalue weighted by atomic mass is 32.2. The molecule has 0 amide bonds. The number of hydrogen-bond donors (Lipinski definition) is 0. The van der Waals surface area contributed by atoms with Crippen LogP contribution in [0.2, 0.25) is 0 Å². The maximum atomic E-state index is 5.93. The van der Waals surface area contributed by atoms with Crippen LogP contribution in [0.5, 0.6) is 0 Å². The summed E-state index contributed by atoms with van der Waals surface area (Å²) in [4.78, 5) is 2.53. The number of piperidine rings is 1. The molecule has 0 aromatic heterocycles. The number of likely N-dealkylation sites (tertiary alicyclic amines) is 1. The number of ether oxygens (including phenoxy) is 1. The highest BCUT2D eigenvalue weighted by Crippen LogP contribution is 2.16. The van der Waals surface area contributed by atoms with Crippen molar-refractivity contribution >= 4 is 11.8 Å². The first-order valence-electron chi connectivity index (χ1n) is 6.55. The van der Waals surface area contributed by atoms with Crippen LogP contribution in [-0.4, -0.2) is 42.8 Å². The monoisotopic (exact) mass is 245 g/mol. The zero-order chi connectivity index (χ0) is 11.8. The van der Waals surface area contributed by atoms with Crippen molar-refractivity contribution in [1.29, 1.82) is 0 Å². The molecule has 0 saturated carbocycles. The van der Waals surface area contributed by atoms with Crippen LogP contribution in [0.25, 0.3) is 0 Å². The Morgan fingerprint density at radius 2 is 2.00 bits per heavy atom. The zero-order valence-electron chi connectivity index (χ0n) is 11.1. The minimum absolute atomic E-state index is 0.533. The molecule has 16 heavy (non-hydrogen) atoms. The average molecular weight is 245 g/mol. The topological polar surface area (TPSA) is 12.5 Å². The van der Waals surface area contributed by atoms with Gasteiger partial charge in [-0.2, -0.15) is 0 Å². The number of hydrogen-bond acceptors (Lipinski definition) is 3. The quantitative estimate of drug-likeness (QED) is 0.639. The normalized spacial score (nSPS) is 19.5. The second-order valence-electron chi connectivity index (χ2n) is 5.14. The van der Waals surface area contributed by atoms with E-state index in [0.717, 1.165) is 12.5 Å². The Labute approximate surface area is 105 Å². The molecule has 0 unspecified atom stereocenters. The molecule has 0 aromatic rings. The van der Waals surface area contributed by atoms with Gasteiger partial charge in [-0.3, -0.25) is 4.90 Å². The minimum Gasteiger partial charge on any atom is -0.378 e. The molecule has 0 spiro atoms. The molecule has 0 aromatic carbocycles. The summed E-state index contributed by atoms with van der Waals surface area (Å²) in [6.07, 6.45) is 7.68. The van der Waals surface area contributed by atoms with E-state index in [4.69, 9.17) is 4.74 Å². The van der Waals surface area contributed by atoms with Gasteiger partial charge in [-0.15, -0.1) is 11.8 Å². The summed E-state index contributed by atoms with van der Waals surface area (Å²) in [5, 5.41) is 0. The van der Waals surface area contributed by atoms with Gasteiger partial charge in [0.1, 0.15) is 0 Å². The molecule has 0 radical (unpaired) electrons. The van der Waals surface area contributed by atoms with Crippen LogP contribution in [0, 0.1) is 5.92 Å². The SMILES string of the molecule is CSCN1CCC(OCCCC(C)C)CC1. The second-order valence-corrected chi connectivity index (χ2v) is 5.98. The van der Waals surface area contributed by atoms with E-state index in [2.05, 4.69) is 25.0 Å². The van der Waals surface area contributed by atoms with Crippen molar-refractivity contribution in [2.75, 3.05) is 31.8 Å². The van der Waals surface area contributed by atoms with E-state index in [1.807, 2.05) is 11.8 Å². The zero-order valence-corrected chi connectivity index (χ0v) is 11.9. The Hall–Kier alpha value is 0.270. The van der Waals surface area contributed by atoms with Crippen LogP contribution < -0.4 is 0 Å². The third-order valence-electron chi connectivity index (χ3n) is 3.13. The lowest BCUT2D eigenvalue weighted by Gasteiger charge is -2.31. The fraction of sp³-hybridized carbons (Fsp3) is 1.00. The number of thioether (sulfide) groups is 1. The fourth-order valence-corrected chi connectivity index (χ4v) is 2.75. The molecule has 1 fully saturated rings. The molecule has 2 nitrogen and oxygen atoms in total. The largest absolute Gasteiger partial charge is 0.378 e. The second kappa shape index (κ2) is 8.37. The van der Waals surface area contributed by atoms with Crippen molar-refractivity contribution < 1.29 is 4.74 Å². The van der Waals surface area contributed by atoms with Gasteiger partial charge >= 0.3 is 0 Å². The Bertz CT molecular complexity index is 167. The van der Waals surface area contributed by atoms with Crippen molar-refractivity contribution in [1.82, 2.24) is 4.90 Å². The first-order chi connectivity index (χ1) is 7.72. The summed E-state index contributed by atoms with van der Waals surface area (Å²) in [5.74, 6) is 1.99. The van der Waals surface area contributed by atoms with Gasteiger partial charge in [0.2, 0.25) is 0 Å². The first kappa shape index (κ1) is 14.3. The van der Waals surface area contributed by atoms with Crippen molar-refractivity contribution in [3.8, 4) is 0 Å². The van der Waals surface area contributed by atoms with Crippen molar-refractivity contribution in [3.63, 3.8) is 0 Å². The maximum Gasteiger partial charge on any atom is 0.0599 e. The summed E-state index contributed by atoms with van der Waals surface area (Å²) in [5.41, 5.74) is 0. The van der Waals surface area contributed by atoms with Crippen LogP contribution >= 0.6 is 11.8 Å². The molecule has 1 heterocycles. The molecular weight excluding hydrogens is 218 g/mol. The summed E-state index contributed by atoms with van der Waals surface area (Å²) >= 11 is 1.92. The van der Waals surface area contributed by atoms with Crippen molar-refractivity contribution in [2.45, 2.75) is 45.6 Å². The molecule has 1 rings (SSSR count). The Balaban J connectivity index is 1.99. The van der Waals surface area contributed by atoms with Gasteiger partial charge in [-0.25, -0.2) is 0 Å². The summed E-state index contributed by atoms with van der Waals surface area (Å²) in [6.45, 7) is 7.96. The van der Waals surface area contributed by atoms with E-state index in [1.54, 1.807) is 0 Å².